The van der Waals surface area contributed by atoms with E-state index in [9.17, 15) is 4.79 Å². The highest BCUT2D eigenvalue weighted by Crippen LogP contribution is 2.16. The molecule has 5 nitrogen and oxygen atoms in total. The lowest BCUT2D eigenvalue weighted by atomic mass is 10.1. The Labute approximate surface area is 157 Å². The summed E-state index contributed by atoms with van der Waals surface area (Å²) in [4.78, 5) is 20.8. The lowest BCUT2D eigenvalue weighted by Gasteiger charge is -2.11. The van der Waals surface area contributed by atoms with E-state index < -0.39 is 0 Å². The first kappa shape index (κ1) is 17.9. The summed E-state index contributed by atoms with van der Waals surface area (Å²) < 4.78 is 0. The minimum Gasteiger partial charge on any atom is -0.365 e. The van der Waals surface area contributed by atoms with Gasteiger partial charge < -0.3 is 10.6 Å². The number of amides is 1. The van der Waals surface area contributed by atoms with Crippen molar-refractivity contribution in [2.24, 2.45) is 0 Å². The van der Waals surface area contributed by atoms with Gasteiger partial charge in [-0.1, -0.05) is 29.8 Å². The van der Waals surface area contributed by atoms with Gasteiger partial charge in [-0.15, -0.1) is 0 Å². The van der Waals surface area contributed by atoms with Gasteiger partial charge in [-0.2, -0.15) is 0 Å². The van der Waals surface area contributed by atoms with Crippen molar-refractivity contribution >= 4 is 23.3 Å². The zero-order valence-electron chi connectivity index (χ0n) is 14.2. The first-order valence-electron chi connectivity index (χ1n) is 8.33. The summed E-state index contributed by atoms with van der Waals surface area (Å²) in [5.41, 5.74) is 2.59. The average Bonchev–Trinajstić information content (AvgIpc) is 2.69. The summed E-state index contributed by atoms with van der Waals surface area (Å²) in [6, 6.07) is 15.0. The molecule has 0 bridgehead atoms. The van der Waals surface area contributed by atoms with Crippen LogP contribution < -0.4 is 10.6 Å². The van der Waals surface area contributed by atoms with Crippen molar-refractivity contribution in [3.05, 3.63) is 88.8 Å². The predicted octanol–water partition coefficient (Wildman–Crippen LogP) is 3.71. The maximum absolute atomic E-state index is 12.5. The van der Waals surface area contributed by atoms with Gasteiger partial charge in [-0.25, -0.2) is 4.98 Å². The highest BCUT2D eigenvalue weighted by Gasteiger charge is 2.12. The van der Waals surface area contributed by atoms with E-state index >= 15 is 0 Å². The summed E-state index contributed by atoms with van der Waals surface area (Å²) in [7, 11) is 0. The van der Waals surface area contributed by atoms with Crippen LogP contribution in [-0.4, -0.2) is 22.4 Å². The molecule has 0 aliphatic rings. The van der Waals surface area contributed by atoms with Crippen LogP contribution >= 0.6 is 11.6 Å². The van der Waals surface area contributed by atoms with E-state index in [0.29, 0.717) is 35.9 Å². The highest BCUT2D eigenvalue weighted by molar-refractivity contribution is 6.31. The van der Waals surface area contributed by atoms with Crippen molar-refractivity contribution in [3.63, 3.8) is 0 Å². The van der Waals surface area contributed by atoms with E-state index in [1.165, 1.54) is 0 Å². The number of anilines is 1. The number of nitrogens with one attached hydrogen (secondary N) is 2. The van der Waals surface area contributed by atoms with Gasteiger partial charge in [0.2, 0.25) is 0 Å². The van der Waals surface area contributed by atoms with Crippen molar-refractivity contribution in [1.82, 2.24) is 15.3 Å². The van der Waals surface area contributed by atoms with Gasteiger partial charge in [0, 0.05) is 36.7 Å². The third kappa shape index (κ3) is 4.80. The molecule has 2 heterocycles. The van der Waals surface area contributed by atoms with Crippen LogP contribution in [0.5, 0.6) is 0 Å². The lowest BCUT2D eigenvalue weighted by molar-refractivity contribution is 0.0954. The van der Waals surface area contributed by atoms with E-state index in [-0.39, 0.29) is 5.91 Å². The molecule has 0 unspecified atom stereocenters. The molecule has 6 heteroatoms. The second kappa shape index (κ2) is 8.97. The first-order chi connectivity index (χ1) is 12.7. The largest absolute Gasteiger partial charge is 0.365 e. The topological polar surface area (TPSA) is 66.9 Å². The summed E-state index contributed by atoms with van der Waals surface area (Å²) in [6.45, 7) is 1.07. The van der Waals surface area contributed by atoms with E-state index in [1.54, 1.807) is 30.7 Å². The maximum Gasteiger partial charge on any atom is 0.255 e. The Bertz CT molecular complexity index is 870. The molecule has 0 saturated carbocycles. The number of rotatable bonds is 7. The molecule has 26 heavy (non-hydrogen) atoms. The Morgan fingerprint density at radius 3 is 2.62 bits per heavy atom. The normalized spacial score (nSPS) is 10.3. The zero-order chi connectivity index (χ0) is 18.2. The Kier molecular flexibility index (Phi) is 6.17. The number of nitrogens with zero attached hydrogens (tertiary/aromatic N) is 2. The van der Waals surface area contributed by atoms with Crippen LogP contribution in [0.25, 0.3) is 0 Å². The number of carbonyl (C=O) groups excluding carboxylic acids is 1. The Balaban J connectivity index is 1.59. The maximum atomic E-state index is 12.5. The molecule has 3 rings (SSSR count). The van der Waals surface area contributed by atoms with Gasteiger partial charge in [-0.05, 0) is 47.9 Å². The summed E-state index contributed by atoms with van der Waals surface area (Å²) in [6.07, 6.45) is 5.80. The van der Waals surface area contributed by atoms with Gasteiger partial charge >= 0.3 is 0 Å². The van der Waals surface area contributed by atoms with Crippen molar-refractivity contribution in [2.45, 2.75) is 13.0 Å². The Morgan fingerprint density at radius 2 is 1.81 bits per heavy atom. The fraction of sp³-hybridized carbons (Fsp3) is 0.150. The fourth-order valence-corrected chi connectivity index (χ4v) is 2.75. The highest BCUT2D eigenvalue weighted by atomic mass is 35.5. The molecule has 0 saturated heterocycles. The lowest BCUT2D eigenvalue weighted by Crippen LogP contribution is -2.27. The third-order valence-corrected chi connectivity index (χ3v) is 4.27. The first-order valence-corrected chi connectivity index (χ1v) is 8.71. The fourth-order valence-electron chi connectivity index (χ4n) is 2.52. The summed E-state index contributed by atoms with van der Waals surface area (Å²) in [5, 5.41) is 6.84. The molecular weight excluding hydrogens is 348 g/mol. The SMILES string of the molecule is O=C(NCCc1ccccc1Cl)c1cccnc1NCc1ccncc1. The van der Waals surface area contributed by atoms with Crippen LogP contribution in [0.1, 0.15) is 21.5 Å². The van der Waals surface area contributed by atoms with Crippen LogP contribution in [0.15, 0.2) is 67.1 Å². The minimum atomic E-state index is -0.164. The Hall–Kier alpha value is -2.92. The number of pyridine rings is 2. The molecule has 132 valence electrons. The third-order valence-electron chi connectivity index (χ3n) is 3.90. The zero-order valence-corrected chi connectivity index (χ0v) is 14.9. The molecule has 1 aromatic carbocycles. The molecule has 0 atom stereocenters. The standard InChI is InChI=1S/C20H19ClN4O/c21-18-6-2-1-4-16(18)9-13-24-20(26)17-5-3-10-23-19(17)25-14-15-7-11-22-12-8-15/h1-8,10-12H,9,13-14H2,(H,23,25)(H,24,26). The van der Waals surface area contributed by atoms with Gasteiger partial charge in [0.05, 0.1) is 5.56 Å². The predicted molar refractivity (Wildman–Crippen MR) is 103 cm³/mol. The second-order valence-electron chi connectivity index (χ2n) is 5.71. The molecule has 0 aliphatic heterocycles. The van der Waals surface area contributed by atoms with Crippen molar-refractivity contribution < 1.29 is 4.79 Å². The monoisotopic (exact) mass is 366 g/mol. The van der Waals surface area contributed by atoms with E-state index in [1.807, 2.05) is 36.4 Å². The van der Waals surface area contributed by atoms with Crippen LogP contribution in [0.2, 0.25) is 5.02 Å². The molecule has 0 aliphatic carbocycles. The molecule has 0 spiro atoms. The van der Waals surface area contributed by atoms with E-state index in [4.69, 9.17) is 11.6 Å². The van der Waals surface area contributed by atoms with E-state index in [0.717, 1.165) is 11.1 Å². The molecule has 0 radical (unpaired) electrons. The summed E-state index contributed by atoms with van der Waals surface area (Å²) >= 11 is 6.14. The number of aromatic nitrogens is 2. The van der Waals surface area contributed by atoms with Crippen LogP contribution in [-0.2, 0) is 13.0 Å². The number of halogens is 1. The molecule has 2 aromatic heterocycles. The van der Waals surface area contributed by atoms with Gasteiger partial charge in [0.1, 0.15) is 5.82 Å². The molecule has 1 amide bonds. The van der Waals surface area contributed by atoms with Crippen molar-refractivity contribution in [3.8, 4) is 0 Å². The van der Waals surface area contributed by atoms with Crippen molar-refractivity contribution in [2.75, 3.05) is 11.9 Å². The van der Waals surface area contributed by atoms with Crippen LogP contribution in [0.4, 0.5) is 5.82 Å². The molecular formula is C20H19ClN4O. The number of benzene rings is 1. The smallest absolute Gasteiger partial charge is 0.255 e. The molecule has 3 aromatic rings. The quantitative estimate of drug-likeness (QED) is 0.668. The Morgan fingerprint density at radius 1 is 1.00 bits per heavy atom. The van der Waals surface area contributed by atoms with Crippen LogP contribution in [0, 0.1) is 0 Å². The second-order valence-corrected chi connectivity index (χ2v) is 6.11. The van der Waals surface area contributed by atoms with E-state index in [2.05, 4.69) is 20.6 Å². The number of hydrogen-bond acceptors (Lipinski definition) is 4. The molecule has 2 N–H and O–H groups in total. The van der Waals surface area contributed by atoms with Gasteiger partial charge in [-0.3, -0.25) is 9.78 Å². The number of carbonyl (C=O) groups is 1. The number of hydrogen-bond donors (Lipinski definition) is 2. The van der Waals surface area contributed by atoms with Crippen LogP contribution in [0.3, 0.4) is 0 Å². The van der Waals surface area contributed by atoms with Gasteiger partial charge in [0.25, 0.3) is 5.91 Å². The minimum absolute atomic E-state index is 0.164. The van der Waals surface area contributed by atoms with Crippen molar-refractivity contribution in [1.29, 1.82) is 0 Å². The van der Waals surface area contributed by atoms with Gasteiger partial charge in [0.15, 0.2) is 0 Å². The molecule has 0 fully saturated rings. The average molecular weight is 367 g/mol. The summed E-state index contributed by atoms with van der Waals surface area (Å²) in [5.74, 6) is 0.391.